The van der Waals surface area contributed by atoms with Crippen LogP contribution in [0.15, 0.2) is 24.3 Å². The number of fused-ring (bicyclic) bond motifs is 1. The molecule has 2 atom stereocenters. The van der Waals surface area contributed by atoms with Crippen molar-refractivity contribution in [2.45, 2.75) is 25.4 Å². The Hall–Kier alpha value is -0.530. The van der Waals surface area contributed by atoms with Crippen molar-refractivity contribution >= 4 is 64.0 Å². The van der Waals surface area contributed by atoms with Crippen LogP contribution in [0.4, 0.5) is 0 Å². The first kappa shape index (κ1) is 21.5. The van der Waals surface area contributed by atoms with Gasteiger partial charge in [-0.3, -0.25) is 4.79 Å². The largest absolute Gasteiger partial charge is 0.337 e. The van der Waals surface area contributed by atoms with Gasteiger partial charge in [0.1, 0.15) is 5.01 Å². The fourth-order valence-electron chi connectivity index (χ4n) is 2.56. The molecule has 1 saturated heterocycles. The molecule has 1 aliphatic heterocycles. The predicted octanol–water partition coefficient (Wildman–Crippen LogP) is 3.75. The van der Waals surface area contributed by atoms with Gasteiger partial charge in [0.05, 0.1) is 16.3 Å². The van der Waals surface area contributed by atoms with Gasteiger partial charge < -0.3 is 10.2 Å². The molecule has 4 nitrogen and oxygen atoms in total. The molecule has 2 aromatic rings. The Labute approximate surface area is 163 Å². The third kappa shape index (κ3) is 4.99. The van der Waals surface area contributed by atoms with E-state index < -0.39 is 0 Å². The summed E-state index contributed by atoms with van der Waals surface area (Å²) in [6.45, 7) is 3.05. The van der Waals surface area contributed by atoms with E-state index in [0.29, 0.717) is 12.5 Å². The highest BCUT2D eigenvalue weighted by Crippen LogP contribution is 2.29. The van der Waals surface area contributed by atoms with Crippen molar-refractivity contribution in [3.8, 4) is 0 Å². The highest BCUT2D eigenvalue weighted by Gasteiger charge is 2.24. The molecule has 1 aliphatic rings. The molecule has 0 radical (unpaired) electrons. The second kappa shape index (κ2) is 9.82. The van der Waals surface area contributed by atoms with E-state index in [-0.39, 0.29) is 36.8 Å². The third-order valence-corrected chi connectivity index (χ3v) is 6.40. The van der Waals surface area contributed by atoms with Gasteiger partial charge in [0.15, 0.2) is 0 Å². The molecule has 1 N–H and O–H groups in total. The number of para-hydroxylation sites is 1. The first-order valence-corrected chi connectivity index (χ1v) is 9.54. The SMILES string of the molecule is CC(c1nc2ccccc2s1)N(C)C(=O)CC1CSCCN1.Cl.Cl. The Balaban J connectivity index is 0.00000144. The number of carbonyl (C=O) groups is 1. The number of halogens is 2. The molecule has 1 amide bonds. The number of thioether (sulfide) groups is 1. The Bertz CT molecular complexity index is 629. The van der Waals surface area contributed by atoms with Crippen LogP contribution in [-0.2, 0) is 4.79 Å². The molecule has 24 heavy (non-hydrogen) atoms. The van der Waals surface area contributed by atoms with E-state index in [1.54, 1.807) is 11.3 Å². The zero-order valence-electron chi connectivity index (χ0n) is 13.7. The molecule has 1 fully saturated rings. The minimum atomic E-state index is 0. The van der Waals surface area contributed by atoms with Gasteiger partial charge in [0.25, 0.3) is 0 Å². The minimum absolute atomic E-state index is 0. The minimum Gasteiger partial charge on any atom is -0.337 e. The molecule has 0 saturated carbocycles. The van der Waals surface area contributed by atoms with Crippen molar-refractivity contribution in [3.63, 3.8) is 0 Å². The Morgan fingerprint density at radius 3 is 2.83 bits per heavy atom. The third-order valence-electron chi connectivity index (χ3n) is 4.06. The molecule has 8 heteroatoms. The van der Waals surface area contributed by atoms with Crippen LogP contribution in [0.3, 0.4) is 0 Å². The Morgan fingerprint density at radius 1 is 1.42 bits per heavy atom. The lowest BCUT2D eigenvalue weighted by Gasteiger charge is -2.28. The first-order valence-electron chi connectivity index (χ1n) is 7.57. The maximum atomic E-state index is 12.5. The predicted molar refractivity (Wildman–Crippen MR) is 109 cm³/mol. The van der Waals surface area contributed by atoms with E-state index >= 15 is 0 Å². The number of benzene rings is 1. The van der Waals surface area contributed by atoms with Gasteiger partial charge in [-0.2, -0.15) is 11.8 Å². The number of hydrogen-bond donors (Lipinski definition) is 1. The number of rotatable bonds is 4. The number of nitrogens with one attached hydrogen (secondary N) is 1. The molecule has 3 rings (SSSR count). The van der Waals surface area contributed by atoms with Crippen LogP contribution < -0.4 is 5.32 Å². The summed E-state index contributed by atoms with van der Waals surface area (Å²) >= 11 is 3.59. The van der Waals surface area contributed by atoms with Gasteiger partial charge in [-0.15, -0.1) is 36.2 Å². The summed E-state index contributed by atoms with van der Waals surface area (Å²) in [5.74, 6) is 2.35. The second-order valence-corrected chi connectivity index (χ2v) is 7.84. The van der Waals surface area contributed by atoms with Gasteiger partial charge in [-0.05, 0) is 19.1 Å². The van der Waals surface area contributed by atoms with Crippen molar-refractivity contribution < 1.29 is 4.79 Å². The maximum absolute atomic E-state index is 12.5. The average molecular weight is 408 g/mol. The number of carbonyl (C=O) groups excluding carboxylic acids is 1. The van der Waals surface area contributed by atoms with Gasteiger partial charge in [-0.1, -0.05) is 12.1 Å². The van der Waals surface area contributed by atoms with Gasteiger partial charge in [0.2, 0.25) is 5.91 Å². The van der Waals surface area contributed by atoms with Gasteiger partial charge in [0, 0.05) is 37.6 Å². The molecule has 1 aromatic carbocycles. The number of aromatic nitrogens is 1. The highest BCUT2D eigenvalue weighted by atomic mass is 35.5. The van der Waals surface area contributed by atoms with Crippen molar-refractivity contribution in [1.82, 2.24) is 15.2 Å². The average Bonchev–Trinajstić information content (AvgIpc) is 2.98. The standard InChI is InChI=1S/C16H21N3OS2.2ClH/c1-11(16-18-13-5-3-4-6-14(13)22-16)19(2)15(20)9-12-10-21-8-7-17-12;;/h3-6,11-12,17H,7-10H2,1-2H3;2*1H. The van der Waals surface area contributed by atoms with Crippen LogP contribution >= 0.6 is 47.9 Å². The lowest BCUT2D eigenvalue weighted by Crippen LogP contribution is -2.42. The Morgan fingerprint density at radius 2 is 2.17 bits per heavy atom. The molecule has 0 aliphatic carbocycles. The summed E-state index contributed by atoms with van der Waals surface area (Å²) in [6.07, 6.45) is 0.568. The first-order chi connectivity index (χ1) is 10.6. The molecule has 0 spiro atoms. The smallest absolute Gasteiger partial charge is 0.224 e. The molecular formula is C16H23Cl2N3OS2. The van der Waals surface area contributed by atoms with Crippen LogP contribution in [0.5, 0.6) is 0 Å². The molecular weight excluding hydrogens is 385 g/mol. The van der Waals surface area contributed by atoms with E-state index in [2.05, 4.69) is 23.3 Å². The quantitative estimate of drug-likeness (QED) is 0.837. The summed E-state index contributed by atoms with van der Waals surface area (Å²) in [4.78, 5) is 19.0. The van der Waals surface area contributed by atoms with Crippen LogP contribution in [-0.4, -0.2) is 46.9 Å². The van der Waals surface area contributed by atoms with Crippen LogP contribution in [0, 0.1) is 0 Å². The monoisotopic (exact) mass is 407 g/mol. The topological polar surface area (TPSA) is 45.2 Å². The van der Waals surface area contributed by atoms with Crippen molar-refractivity contribution in [1.29, 1.82) is 0 Å². The number of amides is 1. The molecule has 2 unspecified atom stereocenters. The highest BCUT2D eigenvalue weighted by molar-refractivity contribution is 7.99. The molecule has 0 bridgehead atoms. The molecule has 1 aromatic heterocycles. The van der Waals surface area contributed by atoms with Gasteiger partial charge >= 0.3 is 0 Å². The zero-order valence-corrected chi connectivity index (χ0v) is 17.0. The number of thiazole rings is 1. The van der Waals surface area contributed by atoms with Crippen molar-refractivity contribution in [2.24, 2.45) is 0 Å². The van der Waals surface area contributed by atoms with E-state index in [9.17, 15) is 4.79 Å². The number of hydrogen-bond acceptors (Lipinski definition) is 5. The summed E-state index contributed by atoms with van der Waals surface area (Å²) in [6, 6.07) is 8.44. The van der Waals surface area contributed by atoms with Gasteiger partial charge in [-0.25, -0.2) is 4.98 Å². The Kier molecular flexibility index (Phi) is 8.81. The summed E-state index contributed by atoms with van der Waals surface area (Å²) < 4.78 is 1.18. The lowest BCUT2D eigenvalue weighted by atomic mass is 10.2. The maximum Gasteiger partial charge on any atom is 0.224 e. The fraction of sp³-hybridized carbons (Fsp3) is 0.500. The van der Waals surface area contributed by atoms with E-state index in [4.69, 9.17) is 0 Å². The lowest BCUT2D eigenvalue weighted by molar-refractivity contribution is -0.132. The summed E-state index contributed by atoms with van der Waals surface area (Å²) in [5, 5.41) is 4.43. The van der Waals surface area contributed by atoms with E-state index in [1.807, 2.05) is 41.9 Å². The van der Waals surface area contributed by atoms with Crippen molar-refractivity contribution in [3.05, 3.63) is 29.3 Å². The molecule has 2 heterocycles. The van der Waals surface area contributed by atoms with E-state index in [0.717, 1.165) is 28.6 Å². The normalized spacial score (nSPS) is 18.3. The fourth-order valence-corrected chi connectivity index (χ4v) is 4.57. The van der Waals surface area contributed by atoms with Crippen LogP contribution in [0.2, 0.25) is 0 Å². The zero-order chi connectivity index (χ0) is 15.5. The second-order valence-electron chi connectivity index (χ2n) is 5.63. The van der Waals surface area contributed by atoms with Crippen LogP contribution in [0.25, 0.3) is 10.2 Å². The molecule has 134 valence electrons. The summed E-state index contributed by atoms with van der Waals surface area (Å²) in [7, 11) is 1.88. The van der Waals surface area contributed by atoms with E-state index in [1.165, 1.54) is 4.70 Å². The van der Waals surface area contributed by atoms with Crippen molar-refractivity contribution in [2.75, 3.05) is 25.1 Å². The summed E-state index contributed by atoms with van der Waals surface area (Å²) in [5.41, 5.74) is 1.01. The van der Waals surface area contributed by atoms with Crippen LogP contribution in [0.1, 0.15) is 24.4 Å². The number of nitrogens with zero attached hydrogens (tertiary/aromatic N) is 2.